The van der Waals surface area contributed by atoms with Gasteiger partial charge in [-0.3, -0.25) is 4.79 Å². The van der Waals surface area contributed by atoms with Gasteiger partial charge in [0.15, 0.2) is 0 Å². The van der Waals surface area contributed by atoms with Gasteiger partial charge in [-0.2, -0.15) is 0 Å². The van der Waals surface area contributed by atoms with Crippen LogP contribution in [0.3, 0.4) is 0 Å². The summed E-state index contributed by atoms with van der Waals surface area (Å²) in [5.74, 6) is -3.14. The van der Waals surface area contributed by atoms with E-state index in [2.05, 4.69) is 4.98 Å². The molecule has 140 valence electrons. The fourth-order valence-corrected chi connectivity index (χ4v) is 3.06. The van der Waals surface area contributed by atoms with Crippen LogP contribution in [0.5, 0.6) is 0 Å². The van der Waals surface area contributed by atoms with Crippen molar-refractivity contribution in [1.29, 1.82) is 0 Å². The number of pyridine rings is 1. The number of aliphatic hydroxyl groups excluding tert-OH is 1. The highest BCUT2D eigenvalue weighted by molar-refractivity contribution is 6.30. The summed E-state index contributed by atoms with van der Waals surface area (Å²) in [7, 11) is 0. The van der Waals surface area contributed by atoms with Crippen molar-refractivity contribution in [2.75, 3.05) is 0 Å². The smallest absolute Gasteiger partial charge is 0.341 e. The van der Waals surface area contributed by atoms with Gasteiger partial charge in [-0.1, -0.05) is 23.7 Å². The molecule has 1 unspecified atom stereocenters. The highest BCUT2D eigenvalue weighted by atomic mass is 35.5. The molecule has 27 heavy (non-hydrogen) atoms. The number of aromatic carboxylic acids is 1. The van der Waals surface area contributed by atoms with E-state index in [1.165, 1.54) is 12.1 Å². The fraction of sp³-hybridized carbons (Fsp3) is 0.158. The monoisotopic (exact) mass is 393 g/mol. The van der Waals surface area contributed by atoms with Gasteiger partial charge >= 0.3 is 5.97 Å². The average Bonchev–Trinajstić information content (AvgIpc) is 2.62. The first kappa shape index (κ1) is 19.0. The zero-order valence-electron chi connectivity index (χ0n) is 13.8. The molecule has 0 spiro atoms. The van der Waals surface area contributed by atoms with Crippen LogP contribution < -0.4 is 5.43 Å². The lowest BCUT2D eigenvalue weighted by molar-refractivity contribution is 0.0695. The number of aromatic nitrogens is 1. The Morgan fingerprint density at radius 1 is 1.19 bits per heavy atom. The lowest BCUT2D eigenvalue weighted by atomic mass is 9.99. The molecule has 0 aliphatic rings. The van der Waals surface area contributed by atoms with E-state index >= 15 is 0 Å². The van der Waals surface area contributed by atoms with Crippen LogP contribution in [0.25, 0.3) is 10.9 Å². The molecular formula is C19H14ClF2NO4. The van der Waals surface area contributed by atoms with Gasteiger partial charge in [0, 0.05) is 23.5 Å². The molecule has 8 heteroatoms. The zero-order valence-corrected chi connectivity index (χ0v) is 14.6. The van der Waals surface area contributed by atoms with E-state index in [0.29, 0.717) is 11.1 Å². The average molecular weight is 394 g/mol. The minimum atomic E-state index is -1.34. The highest BCUT2D eigenvalue weighted by Gasteiger charge is 2.16. The zero-order chi connectivity index (χ0) is 19.7. The van der Waals surface area contributed by atoms with Gasteiger partial charge in [0.25, 0.3) is 0 Å². The van der Waals surface area contributed by atoms with Gasteiger partial charge in [-0.05, 0) is 35.7 Å². The molecule has 5 nitrogen and oxygen atoms in total. The highest BCUT2D eigenvalue weighted by Crippen LogP contribution is 2.23. The third-order valence-corrected chi connectivity index (χ3v) is 4.56. The van der Waals surface area contributed by atoms with E-state index in [4.69, 9.17) is 16.7 Å². The number of aliphatic hydroxyl groups is 1. The maximum atomic E-state index is 14.0. The van der Waals surface area contributed by atoms with Crippen molar-refractivity contribution in [3.8, 4) is 0 Å². The number of rotatable bonds is 5. The Labute approximate surface area is 156 Å². The van der Waals surface area contributed by atoms with Crippen LogP contribution in [0.15, 0.2) is 41.3 Å². The molecule has 1 atom stereocenters. The van der Waals surface area contributed by atoms with Gasteiger partial charge in [0.05, 0.1) is 6.10 Å². The SMILES string of the molecule is O=C(O)c1c[nH]c2ccc(CC(O)Cc3ccc(F)c(Cl)c3F)cc2c1=O. The van der Waals surface area contributed by atoms with E-state index in [1.807, 2.05) is 0 Å². The summed E-state index contributed by atoms with van der Waals surface area (Å²) in [6.45, 7) is 0. The number of fused-ring (bicyclic) bond motifs is 1. The largest absolute Gasteiger partial charge is 0.477 e. The number of hydrogen-bond acceptors (Lipinski definition) is 3. The van der Waals surface area contributed by atoms with Crippen LogP contribution >= 0.6 is 11.6 Å². The Kier molecular flexibility index (Phi) is 5.25. The molecule has 3 N–H and O–H groups in total. The summed E-state index contributed by atoms with van der Waals surface area (Å²) in [5, 5.41) is 18.8. The summed E-state index contributed by atoms with van der Waals surface area (Å²) in [4.78, 5) is 26.1. The molecule has 0 saturated heterocycles. The Bertz CT molecular complexity index is 1100. The van der Waals surface area contributed by atoms with Crippen LogP contribution in [-0.4, -0.2) is 27.3 Å². The molecule has 0 saturated carbocycles. The van der Waals surface area contributed by atoms with Crippen molar-refractivity contribution in [2.45, 2.75) is 18.9 Å². The lowest BCUT2D eigenvalue weighted by Gasteiger charge is -2.13. The number of hydrogen-bond donors (Lipinski definition) is 3. The van der Waals surface area contributed by atoms with Gasteiger partial charge in [-0.15, -0.1) is 0 Å². The van der Waals surface area contributed by atoms with Crippen LogP contribution in [-0.2, 0) is 12.8 Å². The van der Waals surface area contributed by atoms with E-state index < -0.39 is 34.2 Å². The number of carbonyl (C=O) groups is 1. The van der Waals surface area contributed by atoms with Crippen LogP contribution in [0, 0.1) is 11.6 Å². The van der Waals surface area contributed by atoms with Gasteiger partial charge < -0.3 is 15.2 Å². The minimum absolute atomic E-state index is 0.0701. The molecule has 2 aromatic carbocycles. The number of aromatic amines is 1. The molecule has 3 rings (SSSR count). The Hall–Kier alpha value is -2.77. The number of halogens is 3. The Balaban J connectivity index is 1.86. The van der Waals surface area contributed by atoms with Crippen molar-refractivity contribution in [2.24, 2.45) is 0 Å². The fourth-order valence-electron chi connectivity index (χ4n) is 2.87. The van der Waals surface area contributed by atoms with E-state index in [0.717, 1.165) is 12.3 Å². The van der Waals surface area contributed by atoms with Crippen molar-refractivity contribution in [3.05, 3.63) is 80.1 Å². The topological polar surface area (TPSA) is 90.4 Å². The molecule has 0 fully saturated rings. The summed E-state index contributed by atoms with van der Waals surface area (Å²) < 4.78 is 27.2. The van der Waals surface area contributed by atoms with Crippen LogP contribution in [0.1, 0.15) is 21.5 Å². The number of carboxylic acid groups (broad SMARTS) is 1. The maximum Gasteiger partial charge on any atom is 0.341 e. The number of H-pyrrole nitrogens is 1. The molecule has 1 aromatic heterocycles. The van der Waals surface area contributed by atoms with Crippen LogP contribution in [0.4, 0.5) is 8.78 Å². The summed E-state index contributed by atoms with van der Waals surface area (Å²) in [6, 6.07) is 6.98. The second-order valence-corrected chi connectivity index (χ2v) is 6.49. The third kappa shape index (κ3) is 3.84. The first-order valence-electron chi connectivity index (χ1n) is 7.96. The molecular weight excluding hydrogens is 380 g/mol. The maximum absolute atomic E-state index is 14.0. The molecule has 0 amide bonds. The van der Waals surface area contributed by atoms with Gasteiger partial charge in [0.1, 0.15) is 22.2 Å². The first-order chi connectivity index (χ1) is 12.8. The molecule has 0 aliphatic heterocycles. The molecule has 3 aromatic rings. The molecule has 0 radical (unpaired) electrons. The Morgan fingerprint density at radius 3 is 2.63 bits per heavy atom. The second-order valence-electron chi connectivity index (χ2n) is 6.11. The summed E-state index contributed by atoms with van der Waals surface area (Å²) >= 11 is 5.53. The lowest BCUT2D eigenvalue weighted by Crippen LogP contribution is -2.17. The number of carboxylic acids is 1. The van der Waals surface area contributed by atoms with Crippen molar-refractivity contribution in [1.82, 2.24) is 4.98 Å². The number of nitrogens with one attached hydrogen (secondary N) is 1. The molecule has 0 aliphatic carbocycles. The predicted molar refractivity (Wildman–Crippen MR) is 96.3 cm³/mol. The predicted octanol–water partition coefficient (Wildman–Crippen LogP) is 3.30. The normalized spacial score (nSPS) is 12.3. The number of benzene rings is 2. The Morgan fingerprint density at radius 2 is 1.93 bits per heavy atom. The van der Waals surface area contributed by atoms with Gasteiger partial charge in [-0.25, -0.2) is 13.6 Å². The third-order valence-electron chi connectivity index (χ3n) is 4.22. The van der Waals surface area contributed by atoms with Gasteiger partial charge in [0.2, 0.25) is 5.43 Å². The standard InChI is InChI=1S/C19H14ClF2NO4/c20-16-14(21)3-2-10(17(16)22)7-11(24)5-9-1-4-15-12(6-9)18(25)13(8-23-15)19(26)27/h1-4,6,8,11,24H,5,7H2,(H,23,25)(H,26,27). The quantitative estimate of drug-likeness (QED) is 0.580. The second kappa shape index (κ2) is 7.46. The van der Waals surface area contributed by atoms with Crippen molar-refractivity contribution in [3.63, 3.8) is 0 Å². The molecule has 0 bridgehead atoms. The summed E-state index contributed by atoms with van der Waals surface area (Å²) in [5.41, 5.74) is 0.0733. The first-order valence-corrected chi connectivity index (χ1v) is 8.33. The van der Waals surface area contributed by atoms with E-state index in [-0.39, 0.29) is 29.4 Å². The van der Waals surface area contributed by atoms with E-state index in [9.17, 15) is 23.5 Å². The van der Waals surface area contributed by atoms with Crippen LogP contribution in [0.2, 0.25) is 5.02 Å². The van der Waals surface area contributed by atoms with Crippen molar-refractivity contribution < 1.29 is 23.8 Å². The summed E-state index contributed by atoms with van der Waals surface area (Å²) in [6.07, 6.45) is 0.0965. The van der Waals surface area contributed by atoms with E-state index in [1.54, 1.807) is 12.1 Å². The minimum Gasteiger partial charge on any atom is -0.477 e. The van der Waals surface area contributed by atoms with Crippen molar-refractivity contribution >= 4 is 28.5 Å². The molecule has 1 heterocycles.